The van der Waals surface area contributed by atoms with Gasteiger partial charge in [-0.1, -0.05) is 11.3 Å². The first-order valence-corrected chi connectivity index (χ1v) is 7.35. The number of rotatable bonds is 8. The van der Waals surface area contributed by atoms with Gasteiger partial charge in [0.2, 0.25) is 5.88 Å². The van der Waals surface area contributed by atoms with Crippen LogP contribution < -0.4 is 15.0 Å². The molecular weight excluding hydrogens is 276 g/mol. The molecule has 0 aliphatic heterocycles. The summed E-state index contributed by atoms with van der Waals surface area (Å²) in [5.41, 5.74) is -0.758. The van der Waals surface area contributed by atoms with Crippen molar-refractivity contribution in [3.05, 3.63) is 4.88 Å². The van der Waals surface area contributed by atoms with E-state index in [1.807, 2.05) is 44.9 Å². The van der Waals surface area contributed by atoms with E-state index in [2.05, 4.69) is 10.3 Å². The van der Waals surface area contributed by atoms with Crippen LogP contribution in [-0.4, -0.2) is 69.0 Å². The molecule has 0 spiro atoms. The number of ether oxygens (including phenoxy) is 1. The molecule has 7 heteroatoms. The average Bonchev–Trinajstić information content (AvgIpc) is 2.70. The monoisotopic (exact) mass is 302 g/mol. The molecule has 0 bridgehead atoms. The molecular formula is C13H26N4O2S. The number of nitrogens with zero attached hydrogens (tertiary/aromatic N) is 3. The highest BCUT2D eigenvalue weighted by Gasteiger charge is 2.21. The third-order valence-corrected chi connectivity index (χ3v) is 3.88. The third kappa shape index (κ3) is 5.24. The number of anilines is 1. The zero-order valence-electron chi connectivity index (χ0n) is 13.2. The van der Waals surface area contributed by atoms with Crippen molar-refractivity contribution >= 4 is 16.5 Å². The van der Waals surface area contributed by atoms with Crippen LogP contribution in [0.3, 0.4) is 0 Å². The Morgan fingerprint density at radius 1 is 1.35 bits per heavy atom. The van der Waals surface area contributed by atoms with Gasteiger partial charge in [0.15, 0.2) is 5.13 Å². The smallest absolute Gasteiger partial charge is 0.230 e. The first-order chi connectivity index (χ1) is 9.25. The Kier molecular flexibility index (Phi) is 6.19. The normalized spacial score (nSPS) is 14.4. The minimum absolute atomic E-state index is 0.517. The van der Waals surface area contributed by atoms with Gasteiger partial charge in [-0.2, -0.15) is 4.98 Å². The molecule has 116 valence electrons. The summed E-state index contributed by atoms with van der Waals surface area (Å²) >= 11 is 1.59. The fourth-order valence-electron chi connectivity index (χ4n) is 1.97. The second-order valence-corrected chi connectivity index (χ2v) is 6.72. The lowest BCUT2D eigenvalue weighted by Crippen LogP contribution is -2.45. The molecule has 1 atom stereocenters. The van der Waals surface area contributed by atoms with E-state index in [0.717, 1.165) is 10.0 Å². The molecule has 1 rings (SSSR count). The molecule has 0 aliphatic rings. The molecule has 6 nitrogen and oxygen atoms in total. The molecule has 1 heterocycles. The van der Waals surface area contributed by atoms with Gasteiger partial charge < -0.3 is 25.0 Å². The van der Waals surface area contributed by atoms with Crippen LogP contribution in [0.4, 0.5) is 5.13 Å². The molecule has 0 fully saturated rings. The van der Waals surface area contributed by atoms with E-state index in [4.69, 9.17) is 4.74 Å². The SMILES string of the molecule is COc1nc(N(C)C)sc1CNCC(C)(O)CN(C)C. The first-order valence-electron chi connectivity index (χ1n) is 6.54. The Balaban J connectivity index is 2.57. The lowest BCUT2D eigenvalue weighted by molar-refractivity contribution is 0.0336. The average molecular weight is 302 g/mol. The fraction of sp³-hybridized carbons (Fsp3) is 0.769. The number of hydrogen-bond acceptors (Lipinski definition) is 7. The predicted molar refractivity (Wildman–Crippen MR) is 83.9 cm³/mol. The molecule has 0 saturated heterocycles. The highest BCUT2D eigenvalue weighted by Crippen LogP contribution is 2.30. The lowest BCUT2D eigenvalue weighted by Gasteiger charge is -2.27. The summed E-state index contributed by atoms with van der Waals surface area (Å²) in [4.78, 5) is 9.37. The maximum atomic E-state index is 10.2. The number of methoxy groups -OCH3 is 1. The van der Waals surface area contributed by atoms with Crippen molar-refractivity contribution in [2.24, 2.45) is 0 Å². The Morgan fingerprint density at radius 3 is 2.50 bits per heavy atom. The Morgan fingerprint density at radius 2 is 2.00 bits per heavy atom. The van der Waals surface area contributed by atoms with Crippen LogP contribution >= 0.6 is 11.3 Å². The van der Waals surface area contributed by atoms with Crippen molar-refractivity contribution in [2.45, 2.75) is 19.1 Å². The van der Waals surface area contributed by atoms with Crippen LogP contribution in [0.15, 0.2) is 0 Å². The summed E-state index contributed by atoms with van der Waals surface area (Å²) in [7, 11) is 9.43. The van der Waals surface area contributed by atoms with E-state index >= 15 is 0 Å². The molecule has 1 aromatic rings. The van der Waals surface area contributed by atoms with Crippen LogP contribution in [0.5, 0.6) is 5.88 Å². The molecule has 1 aromatic heterocycles. The molecule has 0 radical (unpaired) electrons. The Labute approximate surface area is 125 Å². The van der Waals surface area contributed by atoms with E-state index < -0.39 is 5.60 Å². The van der Waals surface area contributed by atoms with Crippen molar-refractivity contribution < 1.29 is 9.84 Å². The van der Waals surface area contributed by atoms with Crippen LogP contribution in [0, 0.1) is 0 Å². The second-order valence-electron chi connectivity index (χ2n) is 5.66. The summed E-state index contributed by atoms with van der Waals surface area (Å²) in [6.07, 6.45) is 0. The highest BCUT2D eigenvalue weighted by atomic mass is 32.1. The zero-order valence-corrected chi connectivity index (χ0v) is 14.0. The highest BCUT2D eigenvalue weighted by molar-refractivity contribution is 7.15. The number of aliphatic hydroxyl groups is 1. The molecule has 20 heavy (non-hydrogen) atoms. The van der Waals surface area contributed by atoms with E-state index in [1.165, 1.54) is 0 Å². The summed E-state index contributed by atoms with van der Waals surface area (Å²) in [6, 6.07) is 0. The number of nitrogens with one attached hydrogen (secondary N) is 1. The standard InChI is InChI=1S/C13H26N4O2S/c1-13(18,9-16(2)3)8-14-7-10-11(19-6)15-12(20-10)17(4)5/h14,18H,7-9H2,1-6H3. The minimum atomic E-state index is -0.758. The Bertz CT molecular complexity index is 419. The minimum Gasteiger partial charge on any atom is -0.480 e. The van der Waals surface area contributed by atoms with Crippen molar-refractivity contribution in [3.8, 4) is 5.88 Å². The number of likely N-dealkylation sites (N-methyl/N-ethyl adjacent to an activating group) is 1. The van der Waals surface area contributed by atoms with Gasteiger partial charge in [-0.25, -0.2) is 0 Å². The van der Waals surface area contributed by atoms with Crippen LogP contribution in [0.2, 0.25) is 0 Å². The van der Waals surface area contributed by atoms with Crippen molar-refractivity contribution in [2.75, 3.05) is 53.3 Å². The van der Waals surface area contributed by atoms with Gasteiger partial charge in [0.05, 0.1) is 17.6 Å². The number of aromatic nitrogens is 1. The third-order valence-electron chi connectivity index (χ3n) is 2.67. The van der Waals surface area contributed by atoms with E-state index in [0.29, 0.717) is 25.5 Å². The quantitative estimate of drug-likeness (QED) is 0.734. The summed E-state index contributed by atoms with van der Waals surface area (Å²) in [6.45, 7) is 3.60. The first kappa shape index (κ1) is 17.2. The maximum absolute atomic E-state index is 10.2. The topological polar surface area (TPSA) is 60.9 Å². The van der Waals surface area contributed by atoms with Crippen molar-refractivity contribution in [1.82, 2.24) is 15.2 Å². The largest absolute Gasteiger partial charge is 0.480 e. The van der Waals surface area contributed by atoms with Gasteiger partial charge in [-0.3, -0.25) is 0 Å². The second kappa shape index (κ2) is 7.21. The summed E-state index contributed by atoms with van der Waals surface area (Å²) in [5, 5.41) is 14.4. The van der Waals surface area contributed by atoms with Gasteiger partial charge in [-0.15, -0.1) is 0 Å². The molecule has 2 N–H and O–H groups in total. The molecule has 1 unspecified atom stereocenters. The van der Waals surface area contributed by atoms with Gasteiger partial charge in [0.1, 0.15) is 0 Å². The predicted octanol–water partition coefficient (Wildman–Crippen LogP) is 0.620. The fourth-order valence-corrected chi connectivity index (χ4v) is 2.89. The molecule has 0 amide bonds. The number of hydrogen-bond donors (Lipinski definition) is 2. The van der Waals surface area contributed by atoms with E-state index in [1.54, 1.807) is 18.4 Å². The van der Waals surface area contributed by atoms with Gasteiger partial charge in [0, 0.05) is 33.7 Å². The van der Waals surface area contributed by atoms with E-state index in [9.17, 15) is 5.11 Å². The van der Waals surface area contributed by atoms with Crippen LogP contribution in [0.1, 0.15) is 11.8 Å². The molecule has 0 saturated carbocycles. The number of thiazole rings is 1. The summed E-state index contributed by atoms with van der Waals surface area (Å²) in [5.74, 6) is 0.651. The molecule has 0 aromatic carbocycles. The van der Waals surface area contributed by atoms with E-state index in [-0.39, 0.29) is 0 Å². The maximum Gasteiger partial charge on any atom is 0.230 e. The summed E-state index contributed by atoms with van der Waals surface area (Å²) < 4.78 is 5.29. The van der Waals surface area contributed by atoms with Gasteiger partial charge in [0.25, 0.3) is 0 Å². The molecule has 0 aliphatic carbocycles. The van der Waals surface area contributed by atoms with Crippen LogP contribution in [-0.2, 0) is 6.54 Å². The van der Waals surface area contributed by atoms with Gasteiger partial charge >= 0.3 is 0 Å². The van der Waals surface area contributed by atoms with Crippen LogP contribution in [0.25, 0.3) is 0 Å². The Hall–Kier alpha value is -0.890. The van der Waals surface area contributed by atoms with Crippen molar-refractivity contribution in [3.63, 3.8) is 0 Å². The zero-order chi connectivity index (χ0) is 15.3. The van der Waals surface area contributed by atoms with Crippen molar-refractivity contribution in [1.29, 1.82) is 0 Å². The lowest BCUT2D eigenvalue weighted by atomic mass is 10.1. The van der Waals surface area contributed by atoms with Gasteiger partial charge in [-0.05, 0) is 21.0 Å².